The molecule has 0 bridgehead atoms. The minimum Gasteiger partial charge on any atom is -0.492 e. The fourth-order valence-electron chi connectivity index (χ4n) is 1.44. The molecule has 0 aliphatic heterocycles. The lowest BCUT2D eigenvalue weighted by Gasteiger charge is -2.03. The fraction of sp³-hybridized carbons (Fsp3) is 0.182. The number of fused-ring (bicyclic) bond motifs is 1. The number of H-pyrrole nitrogens is 1. The number of rotatable bonds is 3. The molecule has 0 amide bonds. The number of aromatic amines is 1. The predicted octanol–water partition coefficient (Wildman–Crippen LogP) is 3.33. The molecule has 0 atom stereocenters. The molecular formula is C11H11BrN2O. The van der Waals surface area contributed by atoms with Crippen molar-refractivity contribution in [1.29, 1.82) is 0 Å². The monoisotopic (exact) mass is 266 g/mol. The van der Waals surface area contributed by atoms with Crippen molar-refractivity contribution in [2.45, 2.75) is 6.92 Å². The molecule has 1 N–H and O–H groups in total. The van der Waals surface area contributed by atoms with E-state index < -0.39 is 0 Å². The molecule has 2 aromatic rings. The number of halogens is 1. The fourth-order valence-corrected chi connectivity index (χ4v) is 1.80. The molecular weight excluding hydrogens is 256 g/mol. The first-order valence-electron chi connectivity index (χ1n) is 4.68. The molecule has 0 fully saturated rings. The van der Waals surface area contributed by atoms with E-state index in [0.717, 1.165) is 21.1 Å². The summed E-state index contributed by atoms with van der Waals surface area (Å²) in [5.74, 6) is 0.599. The normalized spacial score (nSPS) is 10.5. The van der Waals surface area contributed by atoms with Crippen molar-refractivity contribution in [1.82, 2.24) is 10.2 Å². The third-order valence-corrected chi connectivity index (χ3v) is 2.60. The van der Waals surface area contributed by atoms with E-state index >= 15 is 0 Å². The average molecular weight is 267 g/mol. The van der Waals surface area contributed by atoms with Crippen molar-refractivity contribution in [3.05, 3.63) is 34.9 Å². The highest BCUT2D eigenvalue weighted by molar-refractivity contribution is 9.10. The van der Waals surface area contributed by atoms with Crippen LogP contribution in [0.2, 0.25) is 0 Å². The standard InChI is InChI=1S/C11H11BrN2O/c1-3-15-7(2)11-9-6-8(12)4-5-10(9)13-14-11/h4-6H,2-3H2,1H3,(H,13,14). The van der Waals surface area contributed by atoms with Gasteiger partial charge in [-0.3, -0.25) is 5.10 Å². The molecule has 15 heavy (non-hydrogen) atoms. The van der Waals surface area contributed by atoms with Gasteiger partial charge in [-0.05, 0) is 25.1 Å². The van der Waals surface area contributed by atoms with Crippen LogP contribution in [0.4, 0.5) is 0 Å². The van der Waals surface area contributed by atoms with Gasteiger partial charge in [-0.1, -0.05) is 22.5 Å². The summed E-state index contributed by atoms with van der Waals surface area (Å²) in [5.41, 5.74) is 1.75. The summed E-state index contributed by atoms with van der Waals surface area (Å²) in [4.78, 5) is 0. The van der Waals surface area contributed by atoms with Crippen LogP contribution in [0.3, 0.4) is 0 Å². The molecule has 0 radical (unpaired) electrons. The van der Waals surface area contributed by atoms with Crippen molar-refractivity contribution in [3.8, 4) is 0 Å². The lowest BCUT2D eigenvalue weighted by atomic mass is 10.2. The van der Waals surface area contributed by atoms with Gasteiger partial charge < -0.3 is 4.74 Å². The summed E-state index contributed by atoms with van der Waals surface area (Å²) in [5, 5.41) is 8.14. The summed E-state index contributed by atoms with van der Waals surface area (Å²) < 4.78 is 6.36. The molecule has 0 unspecified atom stereocenters. The molecule has 0 aliphatic carbocycles. The number of nitrogens with zero attached hydrogens (tertiary/aromatic N) is 1. The van der Waals surface area contributed by atoms with Crippen LogP contribution < -0.4 is 0 Å². The summed E-state index contributed by atoms with van der Waals surface area (Å²) >= 11 is 3.43. The number of hydrogen-bond donors (Lipinski definition) is 1. The lowest BCUT2D eigenvalue weighted by Crippen LogP contribution is -1.90. The van der Waals surface area contributed by atoms with E-state index in [2.05, 4.69) is 32.7 Å². The molecule has 2 rings (SSSR count). The van der Waals surface area contributed by atoms with Gasteiger partial charge in [0, 0.05) is 9.86 Å². The highest BCUT2D eigenvalue weighted by atomic mass is 79.9. The van der Waals surface area contributed by atoms with Gasteiger partial charge in [0.15, 0.2) is 0 Å². The Labute approximate surface area is 96.3 Å². The van der Waals surface area contributed by atoms with Gasteiger partial charge in [-0.15, -0.1) is 0 Å². The van der Waals surface area contributed by atoms with Crippen LogP contribution in [0.5, 0.6) is 0 Å². The average Bonchev–Trinajstić information content (AvgIpc) is 2.60. The minimum absolute atomic E-state index is 0.598. The molecule has 78 valence electrons. The summed E-state index contributed by atoms with van der Waals surface area (Å²) in [6, 6.07) is 5.93. The van der Waals surface area contributed by atoms with Gasteiger partial charge in [0.1, 0.15) is 11.5 Å². The SMILES string of the molecule is C=C(OCC)c1n[nH]c2ccc(Br)cc12. The van der Waals surface area contributed by atoms with Crippen LogP contribution in [-0.2, 0) is 4.74 Å². The van der Waals surface area contributed by atoms with E-state index in [1.165, 1.54) is 0 Å². The molecule has 4 heteroatoms. The Hall–Kier alpha value is -1.29. The van der Waals surface area contributed by atoms with Gasteiger partial charge in [0.05, 0.1) is 12.1 Å². The van der Waals surface area contributed by atoms with Gasteiger partial charge in [-0.25, -0.2) is 0 Å². The zero-order valence-electron chi connectivity index (χ0n) is 8.38. The summed E-state index contributed by atoms with van der Waals surface area (Å²) in [6.45, 7) is 6.37. The van der Waals surface area contributed by atoms with E-state index in [-0.39, 0.29) is 0 Å². The molecule has 0 spiro atoms. The number of aromatic nitrogens is 2. The first-order valence-corrected chi connectivity index (χ1v) is 5.47. The summed E-state index contributed by atoms with van der Waals surface area (Å²) in [6.07, 6.45) is 0. The van der Waals surface area contributed by atoms with Crippen molar-refractivity contribution >= 4 is 32.6 Å². The number of hydrogen-bond acceptors (Lipinski definition) is 2. The third kappa shape index (κ3) is 1.90. The maximum absolute atomic E-state index is 5.34. The smallest absolute Gasteiger partial charge is 0.140 e. The van der Waals surface area contributed by atoms with Gasteiger partial charge in [0.2, 0.25) is 0 Å². The van der Waals surface area contributed by atoms with Crippen LogP contribution in [0.15, 0.2) is 29.3 Å². The Morgan fingerprint density at radius 1 is 1.60 bits per heavy atom. The maximum atomic E-state index is 5.34. The third-order valence-electron chi connectivity index (χ3n) is 2.11. The van der Waals surface area contributed by atoms with Crippen LogP contribution in [0.25, 0.3) is 16.7 Å². The number of benzene rings is 1. The van der Waals surface area contributed by atoms with Crippen molar-refractivity contribution in [2.75, 3.05) is 6.61 Å². The molecule has 0 saturated heterocycles. The highest BCUT2D eigenvalue weighted by Gasteiger charge is 2.09. The maximum Gasteiger partial charge on any atom is 0.140 e. The zero-order valence-corrected chi connectivity index (χ0v) is 9.97. The largest absolute Gasteiger partial charge is 0.492 e. The number of nitrogens with one attached hydrogen (secondary N) is 1. The van der Waals surface area contributed by atoms with Crippen molar-refractivity contribution in [2.24, 2.45) is 0 Å². The van der Waals surface area contributed by atoms with Gasteiger partial charge in [0.25, 0.3) is 0 Å². The minimum atomic E-state index is 0.598. The van der Waals surface area contributed by atoms with Crippen LogP contribution in [0, 0.1) is 0 Å². The predicted molar refractivity (Wildman–Crippen MR) is 64.5 cm³/mol. The second kappa shape index (κ2) is 4.06. The lowest BCUT2D eigenvalue weighted by molar-refractivity contribution is 0.298. The Morgan fingerprint density at radius 2 is 2.40 bits per heavy atom. The van der Waals surface area contributed by atoms with E-state index in [1.807, 2.05) is 25.1 Å². The second-order valence-corrected chi connectivity index (χ2v) is 4.03. The van der Waals surface area contributed by atoms with E-state index in [4.69, 9.17) is 4.74 Å². The van der Waals surface area contributed by atoms with E-state index in [1.54, 1.807) is 0 Å². The quantitative estimate of drug-likeness (QED) is 0.866. The molecule has 0 aliphatic rings. The van der Waals surface area contributed by atoms with Crippen LogP contribution in [-0.4, -0.2) is 16.8 Å². The zero-order chi connectivity index (χ0) is 10.8. The molecule has 3 nitrogen and oxygen atoms in total. The Balaban J connectivity index is 2.52. The van der Waals surface area contributed by atoms with Crippen LogP contribution >= 0.6 is 15.9 Å². The highest BCUT2D eigenvalue weighted by Crippen LogP contribution is 2.25. The molecule has 0 saturated carbocycles. The van der Waals surface area contributed by atoms with Gasteiger partial charge >= 0.3 is 0 Å². The van der Waals surface area contributed by atoms with Gasteiger partial charge in [-0.2, -0.15) is 5.10 Å². The second-order valence-electron chi connectivity index (χ2n) is 3.12. The Bertz CT molecular complexity index is 504. The topological polar surface area (TPSA) is 37.9 Å². The van der Waals surface area contributed by atoms with E-state index in [0.29, 0.717) is 12.4 Å². The first-order chi connectivity index (χ1) is 7.22. The Morgan fingerprint density at radius 3 is 3.13 bits per heavy atom. The summed E-state index contributed by atoms with van der Waals surface area (Å²) in [7, 11) is 0. The van der Waals surface area contributed by atoms with Crippen molar-refractivity contribution in [3.63, 3.8) is 0 Å². The first kappa shape index (κ1) is 10.2. The van der Waals surface area contributed by atoms with Crippen LogP contribution in [0.1, 0.15) is 12.6 Å². The van der Waals surface area contributed by atoms with E-state index in [9.17, 15) is 0 Å². The molecule has 1 heterocycles. The van der Waals surface area contributed by atoms with Crippen molar-refractivity contribution < 1.29 is 4.74 Å². The molecule has 1 aromatic heterocycles. The Kier molecular flexibility index (Phi) is 2.77. The molecule has 1 aromatic carbocycles. The number of ether oxygens (including phenoxy) is 1.